The smallest absolute Gasteiger partial charge is 0.296 e. The van der Waals surface area contributed by atoms with E-state index in [-0.39, 0.29) is 17.1 Å². The van der Waals surface area contributed by atoms with Crippen molar-refractivity contribution in [2.24, 2.45) is 0 Å². The number of anilines is 1. The molecule has 0 saturated carbocycles. The Kier molecular flexibility index (Phi) is 6.17. The van der Waals surface area contributed by atoms with Gasteiger partial charge < -0.3 is 19.5 Å². The van der Waals surface area contributed by atoms with Crippen LogP contribution >= 0.6 is 0 Å². The van der Waals surface area contributed by atoms with Crippen LogP contribution in [0.1, 0.15) is 12.5 Å². The van der Waals surface area contributed by atoms with E-state index in [1.54, 1.807) is 0 Å². The summed E-state index contributed by atoms with van der Waals surface area (Å²) in [6, 6.07) is 10.6. The van der Waals surface area contributed by atoms with Gasteiger partial charge in [0, 0.05) is 6.07 Å². The Hall–Kier alpha value is -3.80. The van der Waals surface area contributed by atoms with Crippen molar-refractivity contribution in [1.29, 1.82) is 5.26 Å². The minimum Gasteiger partial charge on any atom is -0.496 e. The van der Waals surface area contributed by atoms with Gasteiger partial charge in [0.05, 0.1) is 36.8 Å². The molecule has 2 aromatic rings. The minimum atomic E-state index is -0.978. The Balaban J connectivity index is 2.17. The molecule has 2 aromatic carbocycles. The van der Waals surface area contributed by atoms with Gasteiger partial charge in [0.2, 0.25) is 0 Å². The summed E-state index contributed by atoms with van der Waals surface area (Å²) in [6.07, 6.45) is -0.978. The van der Waals surface area contributed by atoms with Crippen LogP contribution in [0.2, 0.25) is 0 Å². The average Bonchev–Trinajstić information content (AvgIpc) is 2.68. The molecule has 1 atom stereocenters. The highest BCUT2D eigenvalue weighted by molar-refractivity contribution is 5.96. The summed E-state index contributed by atoms with van der Waals surface area (Å²) in [4.78, 5) is 23.0. The molecule has 140 valence electrons. The molecular weight excluding hydrogens is 354 g/mol. The Labute approximate surface area is 155 Å². The van der Waals surface area contributed by atoms with Gasteiger partial charge in [-0.2, -0.15) is 5.26 Å². The van der Waals surface area contributed by atoms with Crippen LogP contribution in [0, 0.1) is 21.4 Å². The van der Waals surface area contributed by atoms with E-state index >= 15 is 0 Å². The lowest BCUT2D eigenvalue weighted by molar-refractivity contribution is -0.384. The third-order valence-corrected chi connectivity index (χ3v) is 3.63. The second kappa shape index (κ2) is 8.53. The zero-order chi connectivity index (χ0) is 20.0. The molecule has 9 nitrogen and oxygen atoms in total. The molecule has 0 aliphatic heterocycles. The lowest BCUT2D eigenvalue weighted by Gasteiger charge is -2.17. The van der Waals surface area contributed by atoms with E-state index in [0.29, 0.717) is 17.1 Å². The lowest BCUT2D eigenvalue weighted by atomic mass is 10.2. The number of hydrogen-bond donors (Lipinski definition) is 1. The van der Waals surface area contributed by atoms with E-state index in [0.717, 1.165) is 0 Å². The average molecular weight is 371 g/mol. The van der Waals surface area contributed by atoms with E-state index in [2.05, 4.69) is 5.32 Å². The van der Waals surface area contributed by atoms with Gasteiger partial charge in [-0.3, -0.25) is 14.9 Å². The molecule has 0 aliphatic rings. The van der Waals surface area contributed by atoms with Crippen molar-refractivity contribution < 1.29 is 23.9 Å². The van der Waals surface area contributed by atoms with Crippen LogP contribution in [0.25, 0.3) is 0 Å². The second-order valence-electron chi connectivity index (χ2n) is 5.37. The minimum absolute atomic E-state index is 0.0213. The molecular formula is C18H17N3O6. The largest absolute Gasteiger partial charge is 0.496 e. The molecule has 27 heavy (non-hydrogen) atoms. The SMILES string of the molecule is COc1ccc(NC(=O)[C@@H](C)Oc2ccc(C#N)cc2OC)c([N+](=O)[O-])c1. The van der Waals surface area contributed by atoms with Crippen LogP contribution in [0.3, 0.4) is 0 Å². The van der Waals surface area contributed by atoms with Crippen molar-refractivity contribution in [2.75, 3.05) is 19.5 Å². The maximum absolute atomic E-state index is 12.4. The number of carbonyl (C=O) groups is 1. The van der Waals surface area contributed by atoms with Crippen molar-refractivity contribution in [2.45, 2.75) is 13.0 Å². The number of hydrogen-bond acceptors (Lipinski definition) is 7. The highest BCUT2D eigenvalue weighted by atomic mass is 16.6. The predicted octanol–water partition coefficient (Wildman–Crippen LogP) is 2.89. The first kappa shape index (κ1) is 19.5. The fourth-order valence-electron chi connectivity index (χ4n) is 2.21. The van der Waals surface area contributed by atoms with Gasteiger partial charge in [-0.25, -0.2) is 0 Å². The predicted molar refractivity (Wildman–Crippen MR) is 96.1 cm³/mol. The van der Waals surface area contributed by atoms with E-state index in [1.807, 2.05) is 6.07 Å². The van der Waals surface area contributed by atoms with Gasteiger partial charge in [-0.05, 0) is 31.2 Å². The standard InChI is InChI=1S/C18H17N3O6/c1-11(27-16-7-4-12(10-19)8-17(16)26-3)18(22)20-14-6-5-13(25-2)9-15(14)21(23)24/h4-9,11H,1-3H3,(H,20,22)/t11-/m1/s1. The number of nitrogens with zero attached hydrogens (tertiary/aromatic N) is 2. The maximum atomic E-state index is 12.4. The molecule has 0 bridgehead atoms. The first-order valence-electron chi connectivity index (χ1n) is 7.77. The number of benzene rings is 2. The fraction of sp³-hybridized carbons (Fsp3) is 0.222. The van der Waals surface area contributed by atoms with Gasteiger partial charge in [-0.15, -0.1) is 0 Å². The van der Waals surface area contributed by atoms with Crippen LogP contribution in [-0.2, 0) is 4.79 Å². The number of nitro benzene ring substituents is 1. The van der Waals surface area contributed by atoms with Crippen molar-refractivity contribution in [3.63, 3.8) is 0 Å². The number of amides is 1. The van der Waals surface area contributed by atoms with E-state index < -0.39 is 16.9 Å². The number of nitro groups is 1. The van der Waals surface area contributed by atoms with Crippen LogP contribution in [0.5, 0.6) is 17.2 Å². The molecule has 0 radical (unpaired) electrons. The Morgan fingerprint density at radius 1 is 1.19 bits per heavy atom. The fourth-order valence-corrected chi connectivity index (χ4v) is 2.21. The Bertz CT molecular complexity index is 906. The van der Waals surface area contributed by atoms with Gasteiger partial charge in [0.15, 0.2) is 17.6 Å². The van der Waals surface area contributed by atoms with E-state index in [4.69, 9.17) is 19.5 Å². The number of nitrogens with one attached hydrogen (secondary N) is 1. The summed E-state index contributed by atoms with van der Waals surface area (Å²) >= 11 is 0. The summed E-state index contributed by atoms with van der Waals surface area (Å²) in [7, 11) is 2.80. The molecule has 0 heterocycles. The van der Waals surface area contributed by atoms with Crippen molar-refractivity contribution in [1.82, 2.24) is 0 Å². The summed E-state index contributed by atoms with van der Waals surface area (Å²) in [5.74, 6) is 0.272. The first-order chi connectivity index (χ1) is 12.9. The molecule has 1 N–H and O–H groups in total. The molecule has 0 spiro atoms. The number of carbonyl (C=O) groups excluding carboxylic acids is 1. The maximum Gasteiger partial charge on any atom is 0.296 e. The third kappa shape index (κ3) is 4.64. The Morgan fingerprint density at radius 2 is 1.93 bits per heavy atom. The van der Waals surface area contributed by atoms with Crippen LogP contribution in [0.15, 0.2) is 36.4 Å². The molecule has 1 amide bonds. The molecule has 9 heteroatoms. The van der Waals surface area contributed by atoms with Crippen molar-refractivity contribution >= 4 is 17.3 Å². The topological polar surface area (TPSA) is 124 Å². The van der Waals surface area contributed by atoms with E-state index in [1.165, 1.54) is 57.5 Å². The normalized spacial score (nSPS) is 11.0. The number of rotatable bonds is 7. The van der Waals surface area contributed by atoms with Crippen molar-refractivity contribution in [3.05, 3.63) is 52.1 Å². The molecule has 0 aliphatic carbocycles. The third-order valence-electron chi connectivity index (χ3n) is 3.63. The number of ether oxygens (including phenoxy) is 3. The van der Waals surface area contributed by atoms with Crippen LogP contribution < -0.4 is 19.5 Å². The van der Waals surface area contributed by atoms with Crippen LogP contribution in [-0.4, -0.2) is 31.2 Å². The summed E-state index contributed by atoms with van der Waals surface area (Å²) < 4.78 is 15.7. The molecule has 0 unspecified atom stereocenters. The summed E-state index contributed by atoms with van der Waals surface area (Å²) in [5, 5.41) is 22.6. The van der Waals surface area contributed by atoms with Gasteiger partial charge >= 0.3 is 0 Å². The zero-order valence-electron chi connectivity index (χ0n) is 14.9. The molecule has 0 fully saturated rings. The highest BCUT2D eigenvalue weighted by Crippen LogP contribution is 2.31. The Morgan fingerprint density at radius 3 is 2.52 bits per heavy atom. The number of nitriles is 1. The lowest BCUT2D eigenvalue weighted by Crippen LogP contribution is -2.30. The second-order valence-corrected chi connectivity index (χ2v) is 5.37. The van der Waals surface area contributed by atoms with Crippen LogP contribution in [0.4, 0.5) is 11.4 Å². The zero-order valence-corrected chi connectivity index (χ0v) is 14.9. The van der Waals surface area contributed by atoms with E-state index in [9.17, 15) is 14.9 Å². The highest BCUT2D eigenvalue weighted by Gasteiger charge is 2.22. The summed E-state index contributed by atoms with van der Waals surface area (Å²) in [5.41, 5.74) is 0.101. The van der Waals surface area contributed by atoms with Gasteiger partial charge in [0.1, 0.15) is 11.4 Å². The molecule has 0 aromatic heterocycles. The molecule has 0 saturated heterocycles. The molecule has 2 rings (SSSR count). The number of methoxy groups -OCH3 is 2. The van der Waals surface area contributed by atoms with Gasteiger partial charge in [-0.1, -0.05) is 0 Å². The quantitative estimate of drug-likeness (QED) is 0.586. The first-order valence-corrected chi connectivity index (χ1v) is 7.77. The van der Waals surface area contributed by atoms with Crippen molar-refractivity contribution in [3.8, 4) is 23.3 Å². The monoisotopic (exact) mass is 371 g/mol. The summed E-state index contributed by atoms with van der Waals surface area (Å²) in [6.45, 7) is 1.49. The van der Waals surface area contributed by atoms with Gasteiger partial charge in [0.25, 0.3) is 11.6 Å².